The van der Waals surface area contributed by atoms with Crippen LogP contribution in [-0.4, -0.2) is 22.5 Å². The summed E-state index contributed by atoms with van der Waals surface area (Å²) in [7, 11) is 0. The molecule has 0 spiro atoms. The van der Waals surface area contributed by atoms with Crippen molar-refractivity contribution in [3.05, 3.63) is 59.7 Å². The molecule has 22 heavy (non-hydrogen) atoms. The minimum Gasteiger partial charge on any atom is -0.463 e. The molecule has 3 rings (SSSR count). The second kappa shape index (κ2) is 5.35. The number of aryl methyl sites for hydroxylation is 1. The Morgan fingerprint density at radius 2 is 2.09 bits per heavy atom. The van der Waals surface area contributed by atoms with Crippen LogP contribution in [0.2, 0.25) is 0 Å². The SMILES string of the molecule is Cc1ccc(C(C)(O)CNC(=O)c2cc3ccccc3[nH]2)o1. The number of rotatable bonds is 4. The summed E-state index contributed by atoms with van der Waals surface area (Å²) < 4.78 is 5.43. The molecule has 5 nitrogen and oxygen atoms in total. The zero-order valence-electron chi connectivity index (χ0n) is 12.5. The van der Waals surface area contributed by atoms with Gasteiger partial charge in [-0.25, -0.2) is 0 Å². The third-order valence-electron chi connectivity index (χ3n) is 3.64. The van der Waals surface area contributed by atoms with Crippen molar-refractivity contribution < 1.29 is 14.3 Å². The van der Waals surface area contributed by atoms with Gasteiger partial charge in [-0.1, -0.05) is 18.2 Å². The molecule has 0 aliphatic rings. The van der Waals surface area contributed by atoms with Crippen molar-refractivity contribution in [3.63, 3.8) is 0 Å². The maximum atomic E-state index is 12.2. The van der Waals surface area contributed by atoms with Crippen LogP contribution >= 0.6 is 0 Å². The van der Waals surface area contributed by atoms with Gasteiger partial charge in [-0.05, 0) is 38.1 Å². The fourth-order valence-electron chi connectivity index (χ4n) is 2.35. The summed E-state index contributed by atoms with van der Waals surface area (Å²) in [6, 6.07) is 13.0. The van der Waals surface area contributed by atoms with Gasteiger partial charge in [-0.15, -0.1) is 0 Å². The molecule has 3 N–H and O–H groups in total. The average Bonchev–Trinajstić information content (AvgIpc) is 3.11. The Hall–Kier alpha value is -2.53. The second-order valence-electron chi connectivity index (χ2n) is 5.64. The summed E-state index contributed by atoms with van der Waals surface area (Å²) in [5.74, 6) is 0.888. The molecule has 2 aromatic heterocycles. The topological polar surface area (TPSA) is 78.3 Å². The highest BCUT2D eigenvalue weighted by atomic mass is 16.4. The van der Waals surface area contributed by atoms with Crippen LogP contribution in [0.4, 0.5) is 0 Å². The van der Waals surface area contributed by atoms with Crippen LogP contribution in [0.5, 0.6) is 0 Å². The Labute approximate surface area is 128 Å². The lowest BCUT2D eigenvalue weighted by Crippen LogP contribution is -2.38. The Morgan fingerprint density at radius 3 is 2.77 bits per heavy atom. The largest absolute Gasteiger partial charge is 0.463 e. The molecule has 0 fully saturated rings. The Morgan fingerprint density at radius 1 is 1.32 bits per heavy atom. The van der Waals surface area contributed by atoms with Gasteiger partial charge in [0.05, 0.1) is 6.54 Å². The Bertz CT molecular complexity index is 781. The molecule has 3 aromatic rings. The van der Waals surface area contributed by atoms with Gasteiger partial charge in [0.15, 0.2) is 0 Å². The standard InChI is InChI=1S/C17H18N2O3/c1-11-7-8-15(22-11)17(2,21)10-18-16(20)14-9-12-5-3-4-6-13(12)19-14/h3-9,19,21H,10H2,1-2H3,(H,18,20). The predicted octanol–water partition coefficient (Wildman–Crippen LogP) is 2.71. The number of furan rings is 1. The molecule has 0 aliphatic carbocycles. The number of nitrogens with one attached hydrogen (secondary N) is 2. The molecule has 1 aromatic carbocycles. The highest BCUT2D eigenvalue weighted by molar-refractivity contribution is 5.98. The smallest absolute Gasteiger partial charge is 0.267 e. The highest BCUT2D eigenvalue weighted by Crippen LogP contribution is 2.22. The first-order valence-corrected chi connectivity index (χ1v) is 7.11. The summed E-state index contributed by atoms with van der Waals surface area (Å²) in [4.78, 5) is 15.3. The third kappa shape index (κ3) is 2.76. The van der Waals surface area contributed by atoms with Crippen molar-refractivity contribution in [2.24, 2.45) is 0 Å². The molecule has 0 radical (unpaired) electrons. The first kappa shape index (κ1) is 14.4. The molecule has 0 saturated heterocycles. The number of aromatic amines is 1. The van der Waals surface area contributed by atoms with Gasteiger partial charge < -0.3 is 19.8 Å². The van der Waals surface area contributed by atoms with Gasteiger partial charge in [0.25, 0.3) is 5.91 Å². The maximum Gasteiger partial charge on any atom is 0.267 e. The molecular formula is C17H18N2O3. The van der Waals surface area contributed by atoms with Gasteiger partial charge in [-0.3, -0.25) is 4.79 Å². The summed E-state index contributed by atoms with van der Waals surface area (Å²) in [6.45, 7) is 3.48. The van der Waals surface area contributed by atoms with Crippen LogP contribution in [0.25, 0.3) is 10.9 Å². The minimum atomic E-state index is -1.25. The van der Waals surface area contributed by atoms with E-state index in [-0.39, 0.29) is 12.5 Å². The number of amides is 1. The summed E-state index contributed by atoms with van der Waals surface area (Å²) >= 11 is 0. The van der Waals surface area contributed by atoms with E-state index in [1.54, 1.807) is 25.1 Å². The van der Waals surface area contributed by atoms with Crippen molar-refractivity contribution in [2.75, 3.05) is 6.54 Å². The van der Waals surface area contributed by atoms with E-state index in [0.29, 0.717) is 11.5 Å². The first-order valence-electron chi connectivity index (χ1n) is 7.11. The molecular weight excluding hydrogens is 280 g/mol. The number of carbonyl (C=O) groups is 1. The van der Waals surface area contributed by atoms with Gasteiger partial charge in [0.1, 0.15) is 22.8 Å². The van der Waals surface area contributed by atoms with E-state index in [1.807, 2.05) is 31.2 Å². The van der Waals surface area contributed by atoms with Crippen molar-refractivity contribution in [1.29, 1.82) is 0 Å². The average molecular weight is 298 g/mol. The van der Waals surface area contributed by atoms with E-state index in [1.165, 1.54) is 0 Å². The first-order chi connectivity index (χ1) is 10.5. The van der Waals surface area contributed by atoms with Gasteiger partial charge in [0.2, 0.25) is 0 Å². The Kier molecular flexibility index (Phi) is 3.50. The van der Waals surface area contributed by atoms with Crippen LogP contribution in [0.15, 0.2) is 46.9 Å². The number of benzene rings is 1. The lowest BCUT2D eigenvalue weighted by Gasteiger charge is -2.21. The summed E-state index contributed by atoms with van der Waals surface area (Å²) in [5.41, 5.74) is 0.115. The van der Waals surface area contributed by atoms with Crippen LogP contribution in [0.3, 0.4) is 0 Å². The molecule has 0 bridgehead atoms. The molecule has 0 aliphatic heterocycles. The van der Waals surface area contributed by atoms with Crippen molar-refractivity contribution in [3.8, 4) is 0 Å². The molecule has 5 heteroatoms. The van der Waals surface area contributed by atoms with E-state index in [2.05, 4.69) is 10.3 Å². The fourth-order valence-corrected chi connectivity index (χ4v) is 2.35. The fraction of sp³-hybridized carbons (Fsp3) is 0.235. The van der Waals surface area contributed by atoms with Crippen LogP contribution in [0, 0.1) is 6.92 Å². The maximum absolute atomic E-state index is 12.2. The van der Waals surface area contributed by atoms with Gasteiger partial charge in [-0.2, -0.15) is 0 Å². The molecule has 114 valence electrons. The molecule has 2 heterocycles. The molecule has 0 saturated carbocycles. The second-order valence-corrected chi connectivity index (χ2v) is 5.64. The number of fused-ring (bicyclic) bond motifs is 1. The van der Waals surface area contributed by atoms with E-state index < -0.39 is 5.60 Å². The zero-order valence-corrected chi connectivity index (χ0v) is 12.5. The lowest BCUT2D eigenvalue weighted by atomic mass is 10.0. The van der Waals surface area contributed by atoms with Crippen molar-refractivity contribution >= 4 is 16.8 Å². The number of hydrogen-bond acceptors (Lipinski definition) is 3. The lowest BCUT2D eigenvalue weighted by molar-refractivity contribution is 0.0323. The van der Waals surface area contributed by atoms with Crippen LogP contribution in [0.1, 0.15) is 28.9 Å². The van der Waals surface area contributed by atoms with Crippen LogP contribution in [-0.2, 0) is 5.60 Å². The quantitative estimate of drug-likeness (QED) is 0.693. The molecule has 1 atom stereocenters. The van der Waals surface area contributed by atoms with Crippen molar-refractivity contribution in [1.82, 2.24) is 10.3 Å². The summed E-state index contributed by atoms with van der Waals surface area (Å²) in [5, 5.41) is 14.1. The van der Waals surface area contributed by atoms with E-state index >= 15 is 0 Å². The van der Waals surface area contributed by atoms with Crippen LogP contribution < -0.4 is 5.32 Å². The van der Waals surface area contributed by atoms with E-state index in [4.69, 9.17) is 4.42 Å². The number of hydrogen-bond donors (Lipinski definition) is 3. The zero-order chi connectivity index (χ0) is 15.7. The number of aromatic nitrogens is 1. The monoisotopic (exact) mass is 298 g/mol. The highest BCUT2D eigenvalue weighted by Gasteiger charge is 2.27. The summed E-state index contributed by atoms with van der Waals surface area (Å²) in [6.07, 6.45) is 0. The number of para-hydroxylation sites is 1. The Balaban J connectivity index is 1.71. The van der Waals surface area contributed by atoms with Gasteiger partial charge in [0, 0.05) is 10.9 Å². The van der Waals surface area contributed by atoms with Crippen molar-refractivity contribution in [2.45, 2.75) is 19.4 Å². The number of carbonyl (C=O) groups excluding carboxylic acids is 1. The minimum absolute atomic E-state index is 0.0636. The van der Waals surface area contributed by atoms with E-state index in [9.17, 15) is 9.90 Å². The predicted molar refractivity (Wildman–Crippen MR) is 83.6 cm³/mol. The number of H-pyrrole nitrogens is 1. The molecule has 1 amide bonds. The van der Waals surface area contributed by atoms with E-state index in [0.717, 1.165) is 16.7 Å². The van der Waals surface area contributed by atoms with Gasteiger partial charge >= 0.3 is 0 Å². The normalized spacial score (nSPS) is 14.0. The third-order valence-corrected chi connectivity index (χ3v) is 3.64. The number of aliphatic hydroxyl groups is 1. The molecule has 1 unspecified atom stereocenters.